The van der Waals surface area contributed by atoms with E-state index in [2.05, 4.69) is 25.7 Å². The summed E-state index contributed by atoms with van der Waals surface area (Å²) in [5.74, 6) is 1.44. The van der Waals surface area contributed by atoms with Gasteiger partial charge in [0.05, 0.1) is 24.0 Å². The molecule has 0 saturated heterocycles. The molecule has 5 rings (SSSR count). The van der Waals surface area contributed by atoms with Crippen molar-refractivity contribution in [2.24, 2.45) is 0 Å². The van der Waals surface area contributed by atoms with E-state index in [0.717, 1.165) is 49.4 Å². The molecule has 2 aliphatic heterocycles. The van der Waals surface area contributed by atoms with Crippen molar-refractivity contribution in [3.63, 3.8) is 0 Å². The normalized spacial score (nSPS) is 19.7. The molecule has 2 aromatic heterocycles. The van der Waals surface area contributed by atoms with Gasteiger partial charge < -0.3 is 9.88 Å². The van der Waals surface area contributed by atoms with E-state index in [1.165, 1.54) is 4.31 Å². The maximum Gasteiger partial charge on any atom is 0.272 e. The van der Waals surface area contributed by atoms with Crippen molar-refractivity contribution >= 4 is 15.9 Å². The van der Waals surface area contributed by atoms with Crippen molar-refractivity contribution in [2.45, 2.75) is 57.0 Å². The number of sulfonamides is 1. The van der Waals surface area contributed by atoms with Gasteiger partial charge in [-0.1, -0.05) is 0 Å². The van der Waals surface area contributed by atoms with Crippen LogP contribution in [0.4, 0.5) is 0 Å². The van der Waals surface area contributed by atoms with Crippen LogP contribution in [0.25, 0.3) is 0 Å². The Morgan fingerprint density at radius 3 is 2.89 bits per heavy atom. The maximum atomic E-state index is 12.6. The first kappa shape index (κ1) is 16.9. The minimum atomic E-state index is -3.22. The SMILES string of the molecule is O=C(NCc1nnc2n1CCC2)c1n[nH]c2c1CCN(S(=O)(=O)C1CC1)C2. The molecular weight excluding hydrogens is 370 g/mol. The van der Waals surface area contributed by atoms with Crippen LogP contribution in [-0.2, 0) is 42.5 Å². The molecule has 0 aromatic carbocycles. The maximum absolute atomic E-state index is 12.6. The van der Waals surface area contributed by atoms with Crippen LogP contribution in [0.3, 0.4) is 0 Å². The number of hydrogen-bond acceptors (Lipinski definition) is 6. The molecule has 11 heteroatoms. The number of amides is 1. The first-order chi connectivity index (χ1) is 13.0. The number of carbonyl (C=O) groups excluding carboxylic acids is 1. The van der Waals surface area contributed by atoms with Crippen LogP contribution in [0.2, 0.25) is 0 Å². The number of aromatic amines is 1. The molecule has 10 nitrogen and oxygen atoms in total. The summed E-state index contributed by atoms with van der Waals surface area (Å²) in [6.07, 6.45) is 3.96. The summed E-state index contributed by atoms with van der Waals surface area (Å²) in [7, 11) is -3.22. The zero-order chi connectivity index (χ0) is 18.6. The summed E-state index contributed by atoms with van der Waals surface area (Å²) in [5, 5.41) is 17.9. The Kier molecular flexibility index (Phi) is 3.83. The molecule has 144 valence electrons. The molecule has 1 aliphatic carbocycles. The Morgan fingerprint density at radius 2 is 2.07 bits per heavy atom. The van der Waals surface area contributed by atoms with Gasteiger partial charge in [0.25, 0.3) is 5.91 Å². The van der Waals surface area contributed by atoms with E-state index < -0.39 is 10.0 Å². The lowest BCUT2D eigenvalue weighted by Crippen LogP contribution is -2.38. The lowest BCUT2D eigenvalue weighted by molar-refractivity contribution is 0.0943. The highest BCUT2D eigenvalue weighted by Crippen LogP contribution is 2.33. The third-order valence-electron chi connectivity index (χ3n) is 5.51. The lowest BCUT2D eigenvalue weighted by atomic mass is 10.1. The molecule has 0 bridgehead atoms. The van der Waals surface area contributed by atoms with Crippen LogP contribution in [0, 0.1) is 0 Å². The summed E-state index contributed by atoms with van der Waals surface area (Å²) in [6, 6.07) is 0. The van der Waals surface area contributed by atoms with Gasteiger partial charge in [0.15, 0.2) is 11.5 Å². The highest BCUT2D eigenvalue weighted by Gasteiger charge is 2.41. The van der Waals surface area contributed by atoms with Crippen molar-refractivity contribution in [2.75, 3.05) is 6.54 Å². The van der Waals surface area contributed by atoms with Crippen molar-refractivity contribution < 1.29 is 13.2 Å². The molecule has 0 radical (unpaired) electrons. The second-order valence-corrected chi connectivity index (χ2v) is 9.54. The first-order valence-electron chi connectivity index (χ1n) is 9.28. The zero-order valence-corrected chi connectivity index (χ0v) is 15.6. The minimum Gasteiger partial charge on any atom is -0.343 e. The summed E-state index contributed by atoms with van der Waals surface area (Å²) in [4.78, 5) is 12.6. The number of H-pyrrole nitrogens is 1. The van der Waals surface area contributed by atoms with Crippen molar-refractivity contribution in [1.82, 2.24) is 34.6 Å². The third kappa shape index (κ3) is 2.85. The zero-order valence-electron chi connectivity index (χ0n) is 14.8. The number of fused-ring (bicyclic) bond motifs is 2. The van der Waals surface area contributed by atoms with E-state index in [0.29, 0.717) is 30.9 Å². The summed E-state index contributed by atoms with van der Waals surface area (Å²) >= 11 is 0. The average molecular weight is 391 g/mol. The second kappa shape index (κ2) is 6.13. The predicted octanol–water partition coefficient (Wildman–Crippen LogP) is -0.272. The van der Waals surface area contributed by atoms with E-state index >= 15 is 0 Å². The molecule has 1 saturated carbocycles. The number of aryl methyl sites for hydroxylation is 1. The molecule has 4 heterocycles. The third-order valence-corrected chi connectivity index (χ3v) is 7.86. The van der Waals surface area contributed by atoms with Crippen LogP contribution in [0.15, 0.2) is 0 Å². The fourth-order valence-electron chi connectivity index (χ4n) is 3.86. The van der Waals surface area contributed by atoms with Gasteiger partial charge in [-0.25, -0.2) is 8.42 Å². The van der Waals surface area contributed by atoms with Crippen LogP contribution in [-0.4, -0.2) is 55.4 Å². The van der Waals surface area contributed by atoms with Gasteiger partial charge in [0.2, 0.25) is 10.0 Å². The fourth-order valence-corrected chi connectivity index (χ4v) is 5.67. The number of aromatic nitrogens is 5. The van der Waals surface area contributed by atoms with E-state index in [1.807, 2.05) is 4.57 Å². The predicted molar refractivity (Wildman–Crippen MR) is 94.2 cm³/mol. The molecule has 1 fully saturated rings. The summed E-state index contributed by atoms with van der Waals surface area (Å²) < 4.78 is 28.4. The number of nitrogens with one attached hydrogen (secondary N) is 2. The molecule has 0 atom stereocenters. The van der Waals surface area contributed by atoms with E-state index in [1.54, 1.807) is 0 Å². The molecule has 27 heavy (non-hydrogen) atoms. The minimum absolute atomic E-state index is 0.227. The smallest absolute Gasteiger partial charge is 0.272 e. The van der Waals surface area contributed by atoms with Crippen LogP contribution >= 0.6 is 0 Å². The fraction of sp³-hybridized carbons (Fsp3) is 0.625. The van der Waals surface area contributed by atoms with E-state index in [4.69, 9.17) is 0 Å². The Labute approximate surface area is 156 Å². The van der Waals surface area contributed by atoms with Crippen LogP contribution in [0.5, 0.6) is 0 Å². The van der Waals surface area contributed by atoms with Crippen molar-refractivity contribution in [3.05, 3.63) is 28.6 Å². The molecule has 0 unspecified atom stereocenters. The molecular formula is C16H21N7O3S. The summed E-state index contributed by atoms with van der Waals surface area (Å²) in [5.41, 5.74) is 1.86. The van der Waals surface area contributed by atoms with Crippen LogP contribution in [0.1, 0.15) is 52.7 Å². The summed E-state index contributed by atoms with van der Waals surface area (Å²) in [6.45, 7) is 1.84. The number of nitrogens with zero attached hydrogens (tertiary/aromatic N) is 5. The van der Waals surface area contributed by atoms with Gasteiger partial charge in [-0.15, -0.1) is 10.2 Å². The Morgan fingerprint density at radius 1 is 1.22 bits per heavy atom. The molecule has 2 aromatic rings. The number of hydrogen-bond donors (Lipinski definition) is 2. The monoisotopic (exact) mass is 391 g/mol. The van der Waals surface area contributed by atoms with Gasteiger partial charge in [0, 0.05) is 25.1 Å². The largest absolute Gasteiger partial charge is 0.343 e. The van der Waals surface area contributed by atoms with Crippen molar-refractivity contribution in [1.29, 1.82) is 0 Å². The van der Waals surface area contributed by atoms with E-state index in [-0.39, 0.29) is 17.7 Å². The highest BCUT2D eigenvalue weighted by molar-refractivity contribution is 7.90. The molecule has 1 amide bonds. The highest BCUT2D eigenvalue weighted by atomic mass is 32.2. The molecule has 0 spiro atoms. The Bertz CT molecular complexity index is 1010. The Hall–Kier alpha value is -2.27. The quantitative estimate of drug-likeness (QED) is 0.722. The standard InChI is InChI=1S/C16H21N7O3S/c24-16(17-8-14-20-19-13-2-1-6-23(13)14)15-11-5-7-22(9-12(11)18-21-15)27(25,26)10-3-4-10/h10H,1-9H2,(H,17,24)(H,18,21). The van der Waals surface area contributed by atoms with Crippen LogP contribution < -0.4 is 5.32 Å². The number of carbonyl (C=O) groups is 1. The molecule has 2 N–H and O–H groups in total. The molecule has 3 aliphatic rings. The van der Waals surface area contributed by atoms with Gasteiger partial charge in [-0.2, -0.15) is 9.40 Å². The second-order valence-electron chi connectivity index (χ2n) is 7.33. The van der Waals surface area contributed by atoms with Gasteiger partial charge in [-0.3, -0.25) is 9.89 Å². The average Bonchev–Trinajstić information content (AvgIpc) is 3.12. The van der Waals surface area contributed by atoms with Gasteiger partial charge in [-0.05, 0) is 25.7 Å². The number of rotatable bonds is 5. The van der Waals surface area contributed by atoms with Gasteiger partial charge in [0.1, 0.15) is 5.82 Å². The van der Waals surface area contributed by atoms with Gasteiger partial charge >= 0.3 is 0 Å². The first-order valence-corrected chi connectivity index (χ1v) is 10.8. The Balaban J connectivity index is 1.28. The lowest BCUT2D eigenvalue weighted by Gasteiger charge is -2.26. The van der Waals surface area contributed by atoms with E-state index in [9.17, 15) is 13.2 Å². The topological polar surface area (TPSA) is 126 Å². The van der Waals surface area contributed by atoms with Crippen molar-refractivity contribution in [3.8, 4) is 0 Å².